The van der Waals surface area contributed by atoms with Gasteiger partial charge in [0.25, 0.3) is 0 Å². The Balaban J connectivity index is 2.77. The maximum Gasteiger partial charge on any atom is 0.123 e. The molecule has 0 aliphatic carbocycles. The highest BCUT2D eigenvalue weighted by Gasteiger charge is 2.10. The van der Waals surface area contributed by atoms with Gasteiger partial charge in [-0.15, -0.1) is 0 Å². The van der Waals surface area contributed by atoms with Crippen molar-refractivity contribution in [1.82, 2.24) is 0 Å². The predicted molar refractivity (Wildman–Crippen MR) is 57.3 cm³/mol. The summed E-state index contributed by atoms with van der Waals surface area (Å²) in [5.74, 6) is -0.289. The van der Waals surface area contributed by atoms with E-state index in [4.69, 9.17) is 10.8 Å². The Hall–Kier alpha value is -0.450. The minimum absolute atomic E-state index is 0.112. The van der Waals surface area contributed by atoms with Crippen LogP contribution in [0.1, 0.15) is 24.4 Å². The standard InChI is InChI=1S/C10H13BrFNO/c11-9-4-3-7(12)6-8(9)10(13)2-1-5-14/h3-4,6,10,14H,1-2,5,13H2/t10-/m1/s1. The minimum Gasteiger partial charge on any atom is -0.396 e. The molecule has 0 unspecified atom stereocenters. The molecule has 0 saturated carbocycles. The fourth-order valence-electron chi connectivity index (χ4n) is 1.27. The zero-order valence-electron chi connectivity index (χ0n) is 7.71. The lowest BCUT2D eigenvalue weighted by Crippen LogP contribution is -2.11. The normalized spacial score (nSPS) is 12.9. The number of benzene rings is 1. The fraction of sp³-hybridized carbons (Fsp3) is 0.400. The van der Waals surface area contributed by atoms with E-state index in [9.17, 15) is 4.39 Å². The zero-order valence-corrected chi connectivity index (χ0v) is 9.30. The summed E-state index contributed by atoms with van der Waals surface area (Å²) >= 11 is 3.31. The summed E-state index contributed by atoms with van der Waals surface area (Å²) in [6.07, 6.45) is 1.28. The molecule has 4 heteroatoms. The second kappa shape index (κ2) is 5.44. The van der Waals surface area contributed by atoms with E-state index in [1.165, 1.54) is 12.1 Å². The Kier molecular flexibility index (Phi) is 4.51. The van der Waals surface area contributed by atoms with Crippen LogP contribution in [0.25, 0.3) is 0 Å². The van der Waals surface area contributed by atoms with E-state index in [1.54, 1.807) is 6.07 Å². The SMILES string of the molecule is N[C@H](CCCO)c1cc(F)ccc1Br. The molecule has 0 spiro atoms. The quantitative estimate of drug-likeness (QED) is 0.874. The molecule has 1 atom stereocenters. The molecule has 14 heavy (non-hydrogen) atoms. The number of aliphatic hydroxyl groups is 1. The van der Waals surface area contributed by atoms with Crippen molar-refractivity contribution in [3.63, 3.8) is 0 Å². The molecule has 0 fully saturated rings. The molecule has 0 aliphatic heterocycles. The van der Waals surface area contributed by atoms with Gasteiger partial charge in [0.2, 0.25) is 0 Å². The lowest BCUT2D eigenvalue weighted by molar-refractivity contribution is 0.280. The first-order valence-electron chi connectivity index (χ1n) is 4.46. The number of halogens is 2. The number of rotatable bonds is 4. The Labute approximate surface area is 91.1 Å². The van der Waals surface area contributed by atoms with Crippen molar-refractivity contribution < 1.29 is 9.50 Å². The van der Waals surface area contributed by atoms with Gasteiger partial charge in [-0.25, -0.2) is 4.39 Å². The molecular formula is C10H13BrFNO. The molecule has 3 N–H and O–H groups in total. The Morgan fingerprint density at radius 2 is 2.21 bits per heavy atom. The van der Waals surface area contributed by atoms with Crippen molar-refractivity contribution in [2.75, 3.05) is 6.61 Å². The second-order valence-corrected chi connectivity index (χ2v) is 3.99. The molecule has 0 aromatic heterocycles. The van der Waals surface area contributed by atoms with Gasteiger partial charge in [0.15, 0.2) is 0 Å². The smallest absolute Gasteiger partial charge is 0.123 e. The number of nitrogens with two attached hydrogens (primary N) is 1. The minimum atomic E-state index is -0.289. The monoisotopic (exact) mass is 261 g/mol. The zero-order chi connectivity index (χ0) is 10.6. The summed E-state index contributed by atoms with van der Waals surface area (Å²) in [6.45, 7) is 0.112. The van der Waals surface area contributed by atoms with Gasteiger partial charge in [-0.3, -0.25) is 0 Å². The van der Waals surface area contributed by atoms with Crippen LogP contribution in [0.15, 0.2) is 22.7 Å². The molecule has 1 aromatic carbocycles. The molecule has 0 aliphatic rings. The van der Waals surface area contributed by atoms with Crippen molar-refractivity contribution in [3.8, 4) is 0 Å². The summed E-state index contributed by atoms with van der Waals surface area (Å²) < 4.78 is 13.7. The second-order valence-electron chi connectivity index (χ2n) is 3.14. The summed E-state index contributed by atoms with van der Waals surface area (Å²) in [4.78, 5) is 0. The Morgan fingerprint density at radius 3 is 2.86 bits per heavy atom. The number of aliphatic hydroxyl groups excluding tert-OH is 1. The highest BCUT2D eigenvalue weighted by molar-refractivity contribution is 9.10. The highest BCUT2D eigenvalue weighted by atomic mass is 79.9. The lowest BCUT2D eigenvalue weighted by Gasteiger charge is -2.13. The largest absolute Gasteiger partial charge is 0.396 e. The van der Waals surface area contributed by atoms with Gasteiger partial charge in [0.05, 0.1) is 0 Å². The van der Waals surface area contributed by atoms with Crippen LogP contribution < -0.4 is 5.73 Å². The van der Waals surface area contributed by atoms with Gasteiger partial charge in [-0.1, -0.05) is 15.9 Å². The fourth-order valence-corrected chi connectivity index (χ4v) is 1.81. The van der Waals surface area contributed by atoms with Crippen molar-refractivity contribution in [1.29, 1.82) is 0 Å². The third kappa shape index (κ3) is 3.04. The van der Waals surface area contributed by atoms with Crippen LogP contribution in [-0.2, 0) is 0 Å². The van der Waals surface area contributed by atoms with Crippen molar-refractivity contribution in [2.45, 2.75) is 18.9 Å². The summed E-state index contributed by atoms with van der Waals surface area (Å²) in [5.41, 5.74) is 6.59. The van der Waals surface area contributed by atoms with Gasteiger partial charge >= 0.3 is 0 Å². The van der Waals surface area contributed by atoms with Crippen LogP contribution in [-0.4, -0.2) is 11.7 Å². The molecule has 0 saturated heterocycles. The Morgan fingerprint density at radius 1 is 1.50 bits per heavy atom. The van der Waals surface area contributed by atoms with E-state index < -0.39 is 0 Å². The molecule has 0 bridgehead atoms. The first-order chi connectivity index (χ1) is 6.65. The Bertz CT molecular complexity index is 306. The van der Waals surface area contributed by atoms with Gasteiger partial charge in [0.1, 0.15) is 5.82 Å². The van der Waals surface area contributed by atoms with Crippen molar-refractivity contribution >= 4 is 15.9 Å². The summed E-state index contributed by atoms with van der Waals surface area (Å²) in [5, 5.41) is 8.64. The van der Waals surface area contributed by atoms with Crippen LogP contribution in [0.4, 0.5) is 4.39 Å². The van der Waals surface area contributed by atoms with Crippen molar-refractivity contribution in [3.05, 3.63) is 34.1 Å². The van der Waals surface area contributed by atoms with Crippen LogP contribution in [0.3, 0.4) is 0 Å². The molecule has 78 valence electrons. The first kappa shape index (κ1) is 11.6. The lowest BCUT2D eigenvalue weighted by atomic mass is 10.0. The molecule has 1 aromatic rings. The summed E-state index contributed by atoms with van der Waals surface area (Å²) in [7, 11) is 0. The molecule has 2 nitrogen and oxygen atoms in total. The molecule has 0 radical (unpaired) electrons. The number of hydrogen-bond donors (Lipinski definition) is 2. The predicted octanol–water partition coefficient (Wildman–Crippen LogP) is 2.36. The highest BCUT2D eigenvalue weighted by Crippen LogP contribution is 2.25. The van der Waals surface area contributed by atoms with Crippen LogP contribution >= 0.6 is 15.9 Å². The molecule has 0 amide bonds. The third-order valence-electron chi connectivity index (χ3n) is 2.03. The van der Waals surface area contributed by atoms with Crippen LogP contribution in [0.5, 0.6) is 0 Å². The third-order valence-corrected chi connectivity index (χ3v) is 2.75. The maximum atomic E-state index is 12.9. The van der Waals surface area contributed by atoms with Gasteiger partial charge in [0, 0.05) is 17.1 Å². The van der Waals surface area contributed by atoms with Crippen LogP contribution in [0, 0.1) is 5.82 Å². The number of hydrogen-bond acceptors (Lipinski definition) is 2. The molecular weight excluding hydrogens is 249 g/mol. The van der Waals surface area contributed by atoms with Gasteiger partial charge in [-0.2, -0.15) is 0 Å². The van der Waals surface area contributed by atoms with Gasteiger partial charge in [-0.05, 0) is 36.6 Å². The van der Waals surface area contributed by atoms with E-state index in [-0.39, 0.29) is 18.5 Å². The van der Waals surface area contributed by atoms with E-state index in [2.05, 4.69) is 15.9 Å². The average Bonchev–Trinajstić information content (AvgIpc) is 2.18. The maximum absolute atomic E-state index is 12.9. The first-order valence-corrected chi connectivity index (χ1v) is 5.26. The average molecular weight is 262 g/mol. The van der Waals surface area contributed by atoms with E-state index in [0.29, 0.717) is 12.8 Å². The van der Waals surface area contributed by atoms with E-state index in [1.807, 2.05) is 0 Å². The summed E-state index contributed by atoms with van der Waals surface area (Å²) in [6, 6.07) is 4.22. The molecule has 1 rings (SSSR count). The van der Waals surface area contributed by atoms with Crippen molar-refractivity contribution in [2.24, 2.45) is 5.73 Å². The van der Waals surface area contributed by atoms with E-state index >= 15 is 0 Å². The topological polar surface area (TPSA) is 46.2 Å². The molecule has 0 heterocycles. The van der Waals surface area contributed by atoms with E-state index in [0.717, 1.165) is 10.0 Å². The van der Waals surface area contributed by atoms with Gasteiger partial charge < -0.3 is 10.8 Å². The van der Waals surface area contributed by atoms with Crippen LogP contribution in [0.2, 0.25) is 0 Å².